The quantitative estimate of drug-likeness (QED) is 0.679. The van der Waals surface area contributed by atoms with Gasteiger partial charge in [0.2, 0.25) is 0 Å². The number of carbonyl (C=O) groups is 1. The molecule has 1 aliphatic heterocycles. The Bertz CT molecular complexity index is 1030. The summed E-state index contributed by atoms with van der Waals surface area (Å²) in [7, 11) is 0. The van der Waals surface area contributed by atoms with Crippen LogP contribution in [-0.2, 0) is 22.9 Å². The summed E-state index contributed by atoms with van der Waals surface area (Å²) in [6, 6.07) is 3.63. The van der Waals surface area contributed by atoms with Crippen LogP contribution >= 0.6 is 0 Å². The molecule has 0 aliphatic carbocycles. The highest BCUT2D eigenvalue weighted by molar-refractivity contribution is 5.68. The molecule has 1 saturated heterocycles. The van der Waals surface area contributed by atoms with Gasteiger partial charge in [0.1, 0.15) is 17.1 Å². The molecule has 186 valence electrons. The molecule has 0 radical (unpaired) electrons. The molecule has 0 bridgehead atoms. The van der Waals surface area contributed by atoms with Gasteiger partial charge >= 0.3 is 12.3 Å². The molecule has 7 nitrogen and oxygen atoms in total. The first kappa shape index (κ1) is 25.9. The summed E-state index contributed by atoms with van der Waals surface area (Å²) in [4.78, 5) is 26.5. The molecule has 1 unspecified atom stereocenters. The van der Waals surface area contributed by atoms with Crippen molar-refractivity contribution in [2.75, 3.05) is 13.1 Å². The number of aryl methyl sites for hydroxylation is 1. The second-order valence-electron chi connectivity index (χ2n) is 9.92. The minimum Gasteiger partial charge on any atom is -0.444 e. The number of likely N-dealkylation sites (tertiary alicyclic amines) is 1. The first-order valence-electron chi connectivity index (χ1n) is 11.2. The summed E-state index contributed by atoms with van der Waals surface area (Å²) in [6.45, 7) is 9.66. The van der Waals surface area contributed by atoms with Crippen LogP contribution in [0.1, 0.15) is 74.9 Å². The van der Waals surface area contributed by atoms with E-state index < -0.39 is 23.1 Å². The second-order valence-corrected chi connectivity index (χ2v) is 9.92. The van der Waals surface area contributed by atoms with Crippen LogP contribution < -0.4 is 0 Å². The number of piperidine rings is 1. The molecule has 10 heteroatoms. The van der Waals surface area contributed by atoms with Crippen LogP contribution in [0.3, 0.4) is 0 Å². The number of pyridine rings is 1. The number of alkyl halides is 3. The Morgan fingerprint density at radius 1 is 1.15 bits per heavy atom. The summed E-state index contributed by atoms with van der Waals surface area (Å²) >= 11 is 0. The fraction of sp³-hybridized carbons (Fsp3) is 0.583. The van der Waals surface area contributed by atoms with E-state index in [-0.39, 0.29) is 24.1 Å². The number of rotatable bonds is 4. The average molecular weight is 481 g/mol. The summed E-state index contributed by atoms with van der Waals surface area (Å²) in [6.07, 6.45) is -2.31. The zero-order valence-corrected chi connectivity index (χ0v) is 20.1. The third-order valence-corrected chi connectivity index (χ3v) is 5.67. The summed E-state index contributed by atoms with van der Waals surface area (Å²) in [5.74, 6) is 0.484. The van der Waals surface area contributed by atoms with Crippen LogP contribution in [0.5, 0.6) is 0 Å². The van der Waals surface area contributed by atoms with E-state index in [1.165, 1.54) is 25.3 Å². The van der Waals surface area contributed by atoms with Crippen molar-refractivity contribution in [3.8, 4) is 0 Å². The normalized spacial score (nSPS) is 17.4. The van der Waals surface area contributed by atoms with E-state index in [0.717, 1.165) is 6.07 Å². The highest BCUT2D eigenvalue weighted by atomic mass is 19.4. The Kier molecular flexibility index (Phi) is 7.21. The lowest BCUT2D eigenvalue weighted by molar-refractivity contribution is -0.141. The van der Waals surface area contributed by atoms with Gasteiger partial charge in [0.05, 0.1) is 11.3 Å². The highest BCUT2D eigenvalue weighted by Crippen LogP contribution is 2.36. The Labute approximate surface area is 197 Å². The monoisotopic (exact) mass is 480 g/mol. The van der Waals surface area contributed by atoms with Gasteiger partial charge in [-0.3, -0.25) is 0 Å². The van der Waals surface area contributed by atoms with Crippen LogP contribution in [-0.4, -0.2) is 49.7 Å². The maximum atomic E-state index is 13.1. The van der Waals surface area contributed by atoms with E-state index in [4.69, 9.17) is 4.74 Å². The van der Waals surface area contributed by atoms with Gasteiger partial charge in [0.25, 0.3) is 0 Å². The van der Waals surface area contributed by atoms with Crippen molar-refractivity contribution in [2.24, 2.45) is 0 Å². The molecular formula is C24H31F3N4O3. The van der Waals surface area contributed by atoms with Crippen LogP contribution in [0.15, 0.2) is 24.4 Å². The predicted octanol–water partition coefficient (Wildman–Crippen LogP) is 4.76. The van der Waals surface area contributed by atoms with Gasteiger partial charge in [-0.25, -0.2) is 19.7 Å². The molecule has 0 aromatic carbocycles. The van der Waals surface area contributed by atoms with E-state index in [0.29, 0.717) is 43.0 Å². The summed E-state index contributed by atoms with van der Waals surface area (Å²) in [5, 5.41) is 11.3. The smallest absolute Gasteiger partial charge is 0.433 e. The van der Waals surface area contributed by atoms with Crippen molar-refractivity contribution in [2.45, 2.75) is 77.2 Å². The number of hydrogen-bond donors (Lipinski definition) is 1. The Hall–Kier alpha value is -2.75. The SMILES string of the molecule is Cc1ncc(C(C)(O)Cc2cccc(C(F)(F)F)n2)c(C2CCN(C(=O)OC(C)(C)C)CC2)n1. The predicted molar refractivity (Wildman–Crippen MR) is 119 cm³/mol. The molecule has 2 aromatic heterocycles. The van der Waals surface area contributed by atoms with Crippen molar-refractivity contribution >= 4 is 6.09 Å². The zero-order chi connectivity index (χ0) is 25.3. The lowest BCUT2D eigenvalue weighted by Crippen LogP contribution is -2.41. The Morgan fingerprint density at radius 3 is 2.38 bits per heavy atom. The van der Waals surface area contributed by atoms with Crippen molar-refractivity contribution in [1.29, 1.82) is 0 Å². The first-order chi connectivity index (χ1) is 15.7. The molecule has 3 heterocycles. The number of hydrogen-bond acceptors (Lipinski definition) is 6. The van der Waals surface area contributed by atoms with Crippen molar-refractivity contribution in [3.05, 3.63) is 52.9 Å². The van der Waals surface area contributed by atoms with Crippen LogP contribution in [0.25, 0.3) is 0 Å². The lowest BCUT2D eigenvalue weighted by Gasteiger charge is -2.35. The molecule has 1 fully saturated rings. The van der Waals surface area contributed by atoms with Gasteiger partial charge in [-0.15, -0.1) is 0 Å². The van der Waals surface area contributed by atoms with Gasteiger partial charge in [0.15, 0.2) is 0 Å². The van der Waals surface area contributed by atoms with Gasteiger partial charge in [0, 0.05) is 42.9 Å². The van der Waals surface area contributed by atoms with Gasteiger partial charge in [-0.2, -0.15) is 13.2 Å². The van der Waals surface area contributed by atoms with Gasteiger partial charge in [-0.05, 0) is 59.6 Å². The number of aliphatic hydroxyl groups is 1. The van der Waals surface area contributed by atoms with Crippen LogP contribution in [0.2, 0.25) is 0 Å². The van der Waals surface area contributed by atoms with E-state index in [1.54, 1.807) is 11.8 Å². The van der Waals surface area contributed by atoms with E-state index >= 15 is 0 Å². The number of halogens is 3. The maximum Gasteiger partial charge on any atom is 0.433 e. The molecule has 1 N–H and O–H groups in total. The zero-order valence-electron chi connectivity index (χ0n) is 20.1. The van der Waals surface area contributed by atoms with E-state index in [9.17, 15) is 23.1 Å². The molecular weight excluding hydrogens is 449 g/mol. The third kappa shape index (κ3) is 6.43. The van der Waals surface area contributed by atoms with Crippen molar-refractivity contribution in [3.63, 3.8) is 0 Å². The topological polar surface area (TPSA) is 88.4 Å². The number of aromatic nitrogens is 3. The molecule has 1 amide bonds. The van der Waals surface area contributed by atoms with Gasteiger partial charge in [-0.1, -0.05) is 6.07 Å². The van der Waals surface area contributed by atoms with E-state index in [1.807, 2.05) is 20.8 Å². The summed E-state index contributed by atoms with van der Waals surface area (Å²) < 4.78 is 44.7. The summed E-state index contributed by atoms with van der Waals surface area (Å²) in [5.41, 5.74) is -1.91. The minimum atomic E-state index is -4.57. The van der Waals surface area contributed by atoms with Gasteiger partial charge < -0.3 is 14.7 Å². The van der Waals surface area contributed by atoms with Crippen LogP contribution in [0, 0.1) is 6.92 Å². The molecule has 3 rings (SSSR count). The number of carbonyl (C=O) groups excluding carboxylic acids is 1. The standard InChI is InChI=1S/C24H31F3N4O3/c1-15-28-14-18(23(5,33)13-17-7-6-8-19(30-17)24(25,26)27)20(29-15)16-9-11-31(12-10-16)21(32)34-22(2,3)4/h6-8,14,16,33H,9-13H2,1-5H3. The molecule has 34 heavy (non-hydrogen) atoms. The number of nitrogens with zero attached hydrogens (tertiary/aromatic N) is 4. The second kappa shape index (κ2) is 9.48. The highest BCUT2D eigenvalue weighted by Gasteiger charge is 2.36. The maximum absolute atomic E-state index is 13.1. The number of ether oxygens (including phenoxy) is 1. The molecule has 0 spiro atoms. The van der Waals surface area contributed by atoms with Crippen LogP contribution in [0.4, 0.5) is 18.0 Å². The fourth-order valence-electron chi connectivity index (χ4n) is 4.06. The molecule has 0 saturated carbocycles. The van der Waals surface area contributed by atoms with E-state index in [2.05, 4.69) is 15.0 Å². The minimum absolute atomic E-state index is 0.0451. The van der Waals surface area contributed by atoms with Crippen molar-refractivity contribution in [1.82, 2.24) is 19.9 Å². The Morgan fingerprint density at radius 2 is 1.79 bits per heavy atom. The molecule has 1 aliphatic rings. The third-order valence-electron chi connectivity index (χ3n) is 5.67. The number of amides is 1. The molecule has 1 atom stereocenters. The molecule has 2 aromatic rings. The Balaban J connectivity index is 1.81. The largest absolute Gasteiger partial charge is 0.444 e. The lowest BCUT2D eigenvalue weighted by atomic mass is 9.83. The first-order valence-corrected chi connectivity index (χ1v) is 11.2. The van der Waals surface area contributed by atoms with Crippen molar-refractivity contribution < 1.29 is 27.8 Å². The fourth-order valence-corrected chi connectivity index (χ4v) is 4.06. The average Bonchev–Trinajstić information content (AvgIpc) is 2.71.